The third-order valence-electron chi connectivity index (χ3n) is 5.51. The van der Waals surface area contributed by atoms with Gasteiger partial charge in [-0.3, -0.25) is 9.78 Å². The quantitative estimate of drug-likeness (QED) is 0.502. The number of carbonyl (C=O) groups excluding carboxylic acids is 1. The van der Waals surface area contributed by atoms with E-state index in [4.69, 9.17) is 4.74 Å². The molecular formula is C25H29N3O2S. The van der Waals surface area contributed by atoms with Gasteiger partial charge in [-0.25, -0.2) is 0 Å². The Morgan fingerprint density at radius 1 is 1.23 bits per heavy atom. The number of aryl methyl sites for hydroxylation is 1. The van der Waals surface area contributed by atoms with Gasteiger partial charge in [0, 0.05) is 36.4 Å². The molecule has 6 heteroatoms. The zero-order valence-corrected chi connectivity index (χ0v) is 19.0. The van der Waals surface area contributed by atoms with Gasteiger partial charge in [0.2, 0.25) is 0 Å². The lowest BCUT2D eigenvalue weighted by atomic mass is 10.1. The molecule has 1 aliphatic heterocycles. The predicted octanol–water partition coefficient (Wildman–Crippen LogP) is 5.58. The summed E-state index contributed by atoms with van der Waals surface area (Å²) in [4.78, 5) is 20.5. The first-order valence-electron chi connectivity index (χ1n) is 10.9. The van der Waals surface area contributed by atoms with E-state index in [0.29, 0.717) is 25.3 Å². The first-order chi connectivity index (χ1) is 15.1. The van der Waals surface area contributed by atoms with Crippen molar-refractivity contribution in [2.75, 3.05) is 18.4 Å². The molecule has 0 spiro atoms. The average Bonchev–Trinajstić information content (AvgIpc) is 3.26. The van der Waals surface area contributed by atoms with Crippen molar-refractivity contribution in [1.82, 2.24) is 9.88 Å². The molecule has 1 amide bonds. The van der Waals surface area contributed by atoms with Gasteiger partial charge in [-0.05, 0) is 42.0 Å². The summed E-state index contributed by atoms with van der Waals surface area (Å²) in [5.74, 6) is 0.0262. The molecular weight excluding hydrogens is 406 g/mol. The minimum atomic E-state index is 0.0262. The number of hydrogen-bond donors (Lipinski definition) is 1. The summed E-state index contributed by atoms with van der Waals surface area (Å²) < 4.78 is 6.22. The molecule has 1 N–H and O–H groups in total. The maximum Gasteiger partial charge on any atom is 0.257 e. The summed E-state index contributed by atoms with van der Waals surface area (Å²) in [5.41, 5.74) is 4.69. The molecule has 0 saturated heterocycles. The number of pyridine rings is 1. The first-order valence-corrected chi connectivity index (χ1v) is 11.7. The van der Waals surface area contributed by atoms with Crippen LogP contribution in [0.1, 0.15) is 57.9 Å². The zero-order chi connectivity index (χ0) is 21.6. The molecule has 0 bridgehead atoms. The highest BCUT2D eigenvalue weighted by atomic mass is 32.1. The van der Waals surface area contributed by atoms with Gasteiger partial charge in [0.05, 0.1) is 24.0 Å². The summed E-state index contributed by atoms with van der Waals surface area (Å²) in [6.07, 6.45) is 3.96. The van der Waals surface area contributed by atoms with Crippen molar-refractivity contribution in [1.29, 1.82) is 0 Å². The second-order valence-electron chi connectivity index (χ2n) is 7.94. The summed E-state index contributed by atoms with van der Waals surface area (Å²) in [5, 5.41) is 5.45. The van der Waals surface area contributed by atoms with E-state index >= 15 is 0 Å². The van der Waals surface area contributed by atoms with Crippen molar-refractivity contribution in [3.8, 4) is 0 Å². The fourth-order valence-corrected chi connectivity index (χ4v) is 4.64. The Hall–Kier alpha value is -2.70. The maximum absolute atomic E-state index is 13.0. The summed E-state index contributed by atoms with van der Waals surface area (Å²) >= 11 is 1.75. The molecule has 3 heterocycles. The van der Waals surface area contributed by atoms with E-state index in [9.17, 15) is 4.79 Å². The summed E-state index contributed by atoms with van der Waals surface area (Å²) in [6.45, 7) is 6.70. The number of carbonyl (C=O) groups is 1. The van der Waals surface area contributed by atoms with E-state index in [-0.39, 0.29) is 12.0 Å². The topological polar surface area (TPSA) is 54.5 Å². The van der Waals surface area contributed by atoms with E-state index in [2.05, 4.69) is 59.0 Å². The van der Waals surface area contributed by atoms with E-state index in [1.807, 2.05) is 17.9 Å². The van der Waals surface area contributed by atoms with Crippen LogP contribution in [0.2, 0.25) is 0 Å². The van der Waals surface area contributed by atoms with Crippen LogP contribution in [0.15, 0.2) is 54.0 Å². The van der Waals surface area contributed by atoms with Crippen molar-refractivity contribution in [2.45, 2.75) is 45.9 Å². The molecule has 3 aromatic rings. The molecule has 4 rings (SSSR count). The van der Waals surface area contributed by atoms with Crippen molar-refractivity contribution in [2.24, 2.45) is 0 Å². The van der Waals surface area contributed by atoms with E-state index in [0.717, 1.165) is 41.9 Å². The van der Waals surface area contributed by atoms with Crippen LogP contribution in [-0.2, 0) is 17.9 Å². The summed E-state index contributed by atoms with van der Waals surface area (Å²) in [6, 6.07) is 14.6. The highest BCUT2D eigenvalue weighted by molar-refractivity contribution is 7.10. The fourth-order valence-electron chi connectivity index (χ4n) is 3.83. The predicted molar refractivity (Wildman–Crippen MR) is 125 cm³/mol. The number of nitrogens with zero attached hydrogens (tertiary/aromatic N) is 2. The maximum atomic E-state index is 13.0. The lowest BCUT2D eigenvalue weighted by Crippen LogP contribution is -2.32. The van der Waals surface area contributed by atoms with Gasteiger partial charge in [-0.2, -0.15) is 0 Å². The molecule has 31 heavy (non-hydrogen) atoms. The Labute approximate surface area is 188 Å². The van der Waals surface area contributed by atoms with Gasteiger partial charge in [0.15, 0.2) is 0 Å². The molecule has 0 saturated carbocycles. The standard InChI is InChI=1S/C25H29N3O2S/c1-3-5-23(24-6-4-13-31-24)30-17-20-9-7-19(8-10-20)16-28-12-11-26-22-14-18(2)27-15-21(22)25(28)29/h4,6-10,13-15,23,26H,3,5,11-12,16-17H2,1-2H3/t23-/m0/s1. The van der Waals surface area contributed by atoms with Gasteiger partial charge >= 0.3 is 0 Å². The monoisotopic (exact) mass is 435 g/mol. The van der Waals surface area contributed by atoms with Gasteiger partial charge in [-0.15, -0.1) is 11.3 Å². The van der Waals surface area contributed by atoms with Gasteiger partial charge < -0.3 is 15.0 Å². The van der Waals surface area contributed by atoms with Crippen LogP contribution < -0.4 is 5.32 Å². The molecule has 0 radical (unpaired) electrons. The van der Waals surface area contributed by atoms with E-state index in [1.54, 1.807) is 17.5 Å². The number of fused-ring (bicyclic) bond motifs is 1. The Morgan fingerprint density at radius 2 is 2.03 bits per heavy atom. The number of benzene rings is 1. The molecule has 1 atom stereocenters. The van der Waals surface area contributed by atoms with Crippen LogP contribution >= 0.6 is 11.3 Å². The number of aromatic nitrogens is 1. The number of anilines is 1. The Balaban J connectivity index is 1.38. The lowest BCUT2D eigenvalue weighted by molar-refractivity contribution is 0.0357. The van der Waals surface area contributed by atoms with E-state index in [1.165, 1.54) is 4.88 Å². The third-order valence-corrected chi connectivity index (χ3v) is 6.48. The molecule has 1 aromatic carbocycles. The Kier molecular flexibility index (Phi) is 6.99. The smallest absolute Gasteiger partial charge is 0.257 e. The average molecular weight is 436 g/mol. The van der Waals surface area contributed by atoms with Crippen LogP contribution in [0.4, 0.5) is 5.69 Å². The number of thiophene rings is 1. The SMILES string of the molecule is CCC[C@H](OCc1ccc(CN2CCNc3cc(C)ncc3C2=O)cc1)c1cccs1. The normalized spacial score (nSPS) is 14.6. The minimum Gasteiger partial charge on any atom is -0.383 e. The number of ether oxygens (including phenoxy) is 1. The van der Waals surface area contributed by atoms with Crippen LogP contribution in [0.3, 0.4) is 0 Å². The fraction of sp³-hybridized carbons (Fsp3) is 0.360. The van der Waals surface area contributed by atoms with Crippen molar-refractivity contribution >= 4 is 22.9 Å². The van der Waals surface area contributed by atoms with Crippen LogP contribution in [0.25, 0.3) is 0 Å². The second-order valence-corrected chi connectivity index (χ2v) is 8.92. The van der Waals surface area contributed by atoms with Crippen LogP contribution in [0, 0.1) is 6.92 Å². The molecule has 0 unspecified atom stereocenters. The Morgan fingerprint density at radius 3 is 2.77 bits per heavy atom. The number of nitrogens with one attached hydrogen (secondary N) is 1. The number of rotatable bonds is 8. The van der Waals surface area contributed by atoms with E-state index < -0.39 is 0 Å². The Bertz CT molecular complexity index is 1000. The largest absolute Gasteiger partial charge is 0.383 e. The van der Waals surface area contributed by atoms with Gasteiger partial charge in [-0.1, -0.05) is 43.7 Å². The highest BCUT2D eigenvalue weighted by Crippen LogP contribution is 2.28. The molecule has 2 aromatic heterocycles. The lowest BCUT2D eigenvalue weighted by Gasteiger charge is -2.21. The van der Waals surface area contributed by atoms with Gasteiger partial charge in [0.25, 0.3) is 5.91 Å². The molecule has 1 aliphatic rings. The van der Waals surface area contributed by atoms with Gasteiger partial charge in [0.1, 0.15) is 0 Å². The van der Waals surface area contributed by atoms with Crippen molar-refractivity contribution in [3.05, 3.63) is 81.3 Å². The molecule has 5 nitrogen and oxygen atoms in total. The third kappa shape index (κ3) is 5.32. The first kappa shape index (κ1) is 21.5. The van der Waals surface area contributed by atoms with Crippen LogP contribution in [0.5, 0.6) is 0 Å². The molecule has 0 aliphatic carbocycles. The molecule has 0 fully saturated rings. The van der Waals surface area contributed by atoms with Crippen molar-refractivity contribution < 1.29 is 9.53 Å². The highest BCUT2D eigenvalue weighted by Gasteiger charge is 2.23. The van der Waals surface area contributed by atoms with Crippen molar-refractivity contribution in [3.63, 3.8) is 0 Å². The van der Waals surface area contributed by atoms with Crippen LogP contribution in [-0.4, -0.2) is 28.9 Å². The zero-order valence-electron chi connectivity index (χ0n) is 18.1. The molecule has 162 valence electrons. The summed E-state index contributed by atoms with van der Waals surface area (Å²) in [7, 11) is 0. The number of hydrogen-bond acceptors (Lipinski definition) is 5. The number of amides is 1. The minimum absolute atomic E-state index is 0.0262. The second kappa shape index (κ2) is 10.1.